The zero-order chi connectivity index (χ0) is 12.3. The van der Waals surface area contributed by atoms with Gasteiger partial charge in [-0.25, -0.2) is 0 Å². The fraction of sp³-hybridized carbons (Fsp3) is 0.571. The predicted octanol–water partition coefficient (Wildman–Crippen LogP) is 3.36. The molecule has 3 nitrogen and oxygen atoms in total. The van der Waals surface area contributed by atoms with Crippen molar-refractivity contribution in [3.63, 3.8) is 0 Å². The number of nitrogens with two attached hydrogens (primary N) is 1. The van der Waals surface area contributed by atoms with Crippen molar-refractivity contribution in [2.45, 2.75) is 26.2 Å². The highest BCUT2D eigenvalue weighted by molar-refractivity contribution is 6.33. The first-order chi connectivity index (χ1) is 8.15. The van der Waals surface area contributed by atoms with E-state index in [1.54, 1.807) is 0 Å². The van der Waals surface area contributed by atoms with E-state index in [0.717, 1.165) is 18.9 Å². The third-order valence-electron chi connectivity index (χ3n) is 3.66. The van der Waals surface area contributed by atoms with Gasteiger partial charge in [0, 0.05) is 6.54 Å². The second kappa shape index (κ2) is 6.98. The Balaban J connectivity index is 0.00000162. The van der Waals surface area contributed by atoms with E-state index in [1.807, 2.05) is 12.1 Å². The molecule has 1 aliphatic rings. The Labute approximate surface area is 115 Å². The molecule has 1 heterocycles. The van der Waals surface area contributed by atoms with Crippen LogP contribution in [0.25, 0.3) is 0 Å². The van der Waals surface area contributed by atoms with Gasteiger partial charge in [0.25, 0.3) is 0 Å². The third-order valence-corrected chi connectivity index (χ3v) is 3.99. The third kappa shape index (κ3) is 4.16. The van der Waals surface area contributed by atoms with Crippen LogP contribution in [0.15, 0.2) is 18.2 Å². The minimum absolute atomic E-state index is 0. The number of rotatable bonds is 3. The number of nitrogen functional groups attached to an aromatic ring is 1. The molecule has 1 saturated heterocycles. The van der Waals surface area contributed by atoms with Gasteiger partial charge in [-0.3, -0.25) is 0 Å². The number of piperidine rings is 1. The maximum absolute atomic E-state index is 6.02. The maximum atomic E-state index is 6.02. The molecule has 0 spiro atoms. The lowest BCUT2D eigenvalue weighted by Crippen LogP contribution is -2.34. The van der Waals surface area contributed by atoms with Gasteiger partial charge in [0.2, 0.25) is 0 Å². The van der Waals surface area contributed by atoms with Gasteiger partial charge in [0.15, 0.2) is 0 Å². The van der Waals surface area contributed by atoms with Crippen LogP contribution >= 0.6 is 11.6 Å². The molecule has 0 radical (unpaired) electrons. The quantitative estimate of drug-likeness (QED) is 0.827. The first kappa shape index (κ1) is 15.3. The number of nitrogens with zero attached hydrogens (tertiary/aromatic N) is 1. The summed E-state index contributed by atoms with van der Waals surface area (Å²) in [5.41, 5.74) is 7.65. The summed E-state index contributed by atoms with van der Waals surface area (Å²) in [6.45, 7) is 5.96. The van der Waals surface area contributed by atoms with Crippen molar-refractivity contribution in [2.75, 3.05) is 25.4 Å². The summed E-state index contributed by atoms with van der Waals surface area (Å²) in [4.78, 5) is 2.55. The summed E-state index contributed by atoms with van der Waals surface area (Å²) in [6.07, 6.45) is 3.74. The summed E-state index contributed by atoms with van der Waals surface area (Å²) in [6, 6.07) is 5.97. The van der Waals surface area contributed by atoms with Gasteiger partial charge >= 0.3 is 0 Å². The second-order valence-electron chi connectivity index (χ2n) is 5.13. The predicted molar refractivity (Wildman–Crippen MR) is 79.4 cm³/mol. The molecule has 1 fully saturated rings. The molecule has 4 heteroatoms. The summed E-state index contributed by atoms with van der Waals surface area (Å²) < 4.78 is 0. The van der Waals surface area contributed by atoms with E-state index < -0.39 is 0 Å². The van der Waals surface area contributed by atoms with Crippen LogP contribution in [-0.4, -0.2) is 24.5 Å². The molecule has 2 rings (SSSR count). The van der Waals surface area contributed by atoms with Crippen LogP contribution in [0.2, 0.25) is 5.02 Å². The van der Waals surface area contributed by atoms with Crippen molar-refractivity contribution in [1.82, 2.24) is 11.1 Å². The SMILES string of the molecule is CC1CCN(CCc2ccc(N)c(Cl)c2)CC1.N. The van der Waals surface area contributed by atoms with Crippen LogP contribution in [0, 0.1) is 5.92 Å². The molecule has 0 saturated carbocycles. The molecule has 0 amide bonds. The Hall–Kier alpha value is -0.770. The second-order valence-corrected chi connectivity index (χ2v) is 5.54. The Kier molecular flexibility index (Phi) is 5.93. The van der Waals surface area contributed by atoms with Crippen LogP contribution in [0.4, 0.5) is 5.69 Å². The van der Waals surface area contributed by atoms with Gasteiger partial charge in [-0.1, -0.05) is 24.6 Å². The minimum atomic E-state index is 0. The molecule has 1 aliphatic heterocycles. The smallest absolute Gasteiger partial charge is 0.0638 e. The molecule has 5 N–H and O–H groups in total. The van der Waals surface area contributed by atoms with E-state index in [-0.39, 0.29) is 6.15 Å². The number of hydrogen-bond acceptors (Lipinski definition) is 3. The molecular formula is C14H24ClN3. The Morgan fingerprint density at radius 1 is 1.33 bits per heavy atom. The van der Waals surface area contributed by atoms with Crippen LogP contribution in [0.5, 0.6) is 0 Å². The monoisotopic (exact) mass is 269 g/mol. The molecule has 102 valence electrons. The Bertz CT molecular complexity index is 373. The molecule has 1 aromatic rings. The summed E-state index contributed by atoms with van der Waals surface area (Å²) >= 11 is 6.02. The Morgan fingerprint density at radius 3 is 2.61 bits per heavy atom. The lowest BCUT2D eigenvalue weighted by atomic mass is 9.99. The largest absolute Gasteiger partial charge is 0.398 e. The zero-order valence-corrected chi connectivity index (χ0v) is 11.9. The summed E-state index contributed by atoms with van der Waals surface area (Å²) in [7, 11) is 0. The first-order valence-electron chi connectivity index (χ1n) is 6.41. The zero-order valence-electron chi connectivity index (χ0n) is 11.2. The fourth-order valence-corrected chi connectivity index (χ4v) is 2.50. The highest BCUT2D eigenvalue weighted by Gasteiger charge is 2.15. The van der Waals surface area contributed by atoms with E-state index in [1.165, 1.54) is 31.5 Å². The van der Waals surface area contributed by atoms with Gasteiger partial charge < -0.3 is 16.8 Å². The van der Waals surface area contributed by atoms with Crippen LogP contribution in [-0.2, 0) is 6.42 Å². The molecule has 0 bridgehead atoms. The van der Waals surface area contributed by atoms with Gasteiger partial charge in [0.1, 0.15) is 0 Å². The molecule has 18 heavy (non-hydrogen) atoms. The average Bonchev–Trinajstić information content (AvgIpc) is 2.33. The van der Waals surface area contributed by atoms with Crippen LogP contribution < -0.4 is 11.9 Å². The van der Waals surface area contributed by atoms with E-state index in [0.29, 0.717) is 10.7 Å². The highest BCUT2D eigenvalue weighted by Crippen LogP contribution is 2.21. The van der Waals surface area contributed by atoms with Crippen molar-refractivity contribution < 1.29 is 0 Å². The van der Waals surface area contributed by atoms with Crippen LogP contribution in [0.1, 0.15) is 25.3 Å². The van der Waals surface area contributed by atoms with Gasteiger partial charge in [-0.2, -0.15) is 0 Å². The van der Waals surface area contributed by atoms with Crippen molar-refractivity contribution in [3.05, 3.63) is 28.8 Å². The lowest BCUT2D eigenvalue weighted by Gasteiger charge is -2.30. The van der Waals surface area contributed by atoms with E-state index in [4.69, 9.17) is 17.3 Å². The number of benzene rings is 1. The normalized spacial score (nSPS) is 17.4. The maximum Gasteiger partial charge on any atom is 0.0638 e. The lowest BCUT2D eigenvalue weighted by molar-refractivity contribution is 0.194. The van der Waals surface area contributed by atoms with Gasteiger partial charge in [-0.15, -0.1) is 0 Å². The van der Waals surface area contributed by atoms with E-state index in [9.17, 15) is 0 Å². The molecular weight excluding hydrogens is 246 g/mol. The van der Waals surface area contributed by atoms with Crippen LogP contribution in [0.3, 0.4) is 0 Å². The average molecular weight is 270 g/mol. The topological polar surface area (TPSA) is 64.3 Å². The Morgan fingerprint density at radius 2 is 2.00 bits per heavy atom. The molecule has 0 aromatic heterocycles. The minimum Gasteiger partial charge on any atom is -0.398 e. The fourth-order valence-electron chi connectivity index (χ4n) is 2.30. The highest BCUT2D eigenvalue weighted by atomic mass is 35.5. The number of hydrogen-bond donors (Lipinski definition) is 2. The van der Waals surface area contributed by atoms with E-state index in [2.05, 4.69) is 17.9 Å². The summed E-state index contributed by atoms with van der Waals surface area (Å²) in [5.74, 6) is 0.900. The number of likely N-dealkylation sites (tertiary alicyclic amines) is 1. The number of anilines is 1. The van der Waals surface area contributed by atoms with Gasteiger partial charge in [-0.05, 0) is 56.0 Å². The molecule has 0 aliphatic carbocycles. The molecule has 0 unspecified atom stereocenters. The van der Waals surface area contributed by atoms with Crippen molar-refractivity contribution in [3.8, 4) is 0 Å². The van der Waals surface area contributed by atoms with Crippen molar-refractivity contribution in [1.29, 1.82) is 0 Å². The standard InChI is InChI=1S/C14H21ClN2.H3N/c1-11-4-7-17(8-5-11)9-6-12-2-3-14(16)13(15)10-12;/h2-3,10-11H,4-9,16H2,1H3;1H3. The van der Waals surface area contributed by atoms with Gasteiger partial charge in [0.05, 0.1) is 10.7 Å². The van der Waals surface area contributed by atoms with Crippen molar-refractivity contribution in [2.24, 2.45) is 5.92 Å². The van der Waals surface area contributed by atoms with E-state index >= 15 is 0 Å². The first-order valence-corrected chi connectivity index (χ1v) is 6.79. The summed E-state index contributed by atoms with van der Waals surface area (Å²) in [5, 5.41) is 0.676. The van der Waals surface area contributed by atoms with Crippen molar-refractivity contribution >= 4 is 17.3 Å². The number of halogens is 1. The molecule has 1 aromatic carbocycles. The molecule has 0 atom stereocenters.